The minimum absolute atomic E-state index is 0.107. The molecule has 0 bridgehead atoms. The van der Waals surface area contributed by atoms with E-state index < -0.39 is 29.2 Å². The number of nitrogens with one attached hydrogen (secondary N) is 1. The van der Waals surface area contributed by atoms with Crippen molar-refractivity contribution in [3.8, 4) is 0 Å². The van der Waals surface area contributed by atoms with E-state index in [9.17, 15) is 23.1 Å². The molecule has 1 aromatic carbocycles. The van der Waals surface area contributed by atoms with Crippen molar-refractivity contribution in [3.63, 3.8) is 0 Å². The highest BCUT2D eigenvalue weighted by molar-refractivity contribution is 6.24. The van der Waals surface area contributed by atoms with E-state index in [4.69, 9.17) is 10.5 Å². The number of aliphatic hydroxyl groups is 1. The Balaban J connectivity index is 3.37. The zero-order valence-electron chi connectivity index (χ0n) is 8.82. The molecule has 7 heteroatoms. The number of carboxylic acid groups (broad SMARTS) is 1. The molecular weight excluding hydrogens is 251 g/mol. The minimum atomic E-state index is -5.14. The van der Waals surface area contributed by atoms with Gasteiger partial charge in [0.1, 0.15) is 11.3 Å². The lowest BCUT2D eigenvalue weighted by molar-refractivity contribution is -0.132. The van der Waals surface area contributed by atoms with Gasteiger partial charge in [-0.15, -0.1) is 0 Å². The van der Waals surface area contributed by atoms with Crippen LogP contribution in [0.2, 0.25) is 0 Å². The van der Waals surface area contributed by atoms with Crippen molar-refractivity contribution in [1.82, 2.24) is 0 Å². The standard InChI is InChI=1S/C11H8F3NO3/c12-11(13,14)9(15)7(10(17)18)8(16)6-4-2-1-3-5-6/h1-5,15-16H,(H,17,18). The van der Waals surface area contributed by atoms with Crippen LogP contribution in [-0.4, -0.2) is 28.1 Å². The van der Waals surface area contributed by atoms with E-state index >= 15 is 0 Å². The second-order valence-electron chi connectivity index (χ2n) is 3.27. The number of aliphatic carboxylic acids is 1. The van der Waals surface area contributed by atoms with Crippen molar-refractivity contribution < 1.29 is 28.2 Å². The highest BCUT2D eigenvalue weighted by atomic mass is 19.4. The third kappa shape index (κ3) is 2.88. The topological polar surface area (TPSA) is 81.4 Å². The predicted octanol–water partition coefficient (Wildman–Crippen LogP) is 2.62. The first kappa shape index (κ1) is 13.8. The first-order valence-corrected chi connectivity index (χ1v) is 4.63. The van der Waals surface area contributed by atoms with E-state index in [1.807, 2.05) is 0 Å². The van der Waals surface area contributed by atoms with Gasteiger partial charge in [0.05, 0.1) is 0 Å². The molecule has 4 nitrogen and oxygen atoms in total. The monoisotopic (exact) mass is 259 g/mol. The maximum absolute atomic E-state index is 12.3. The fourth-order valence-corrected chi connectivity index (χ4v) is 1.21. The molecule has 0 radical (unpaired) electrons. The van der Waals surface area contributed by atoms with Gasteiger partial charge in [0.15, 0.2) is 5.71 Å². The van der Waals surface area contributed by atoms with E-state index in [0.717, 1.165) is 0 Å². The third-order valence-corrected chi connectivity index (χ3v) is 2.03. The number of hydrogen-bond acceptors (Lipinski definition) is 3. The van der Waals surface area contributed by atoms with Crippen LogP contribution in [0.4, 0.5) is 13.2 Å². The summed E-state index contributed by atoms with van der Waals surface area (Å²) in [5.74, 6) is -3.11. The molecule has 0 saturated heterocycles. The Bertz CT molecular complexity index is 506. The number of benzene rings is 1. The molecule has 0 heterocycles. The average Bonchev–Trinajstić information content (AvgIpc) is 2.28. The minimum Gasteiger partial charge on any atom is -0.506 e. The second-order valence-corrected chi connectivity index (χ2v) is 3.27. The molecule has 18 heavy (non-hydrogen) atoms. The zero-order chi connectivity index (χ0) is 13.9. The number of alkyl halides is 3. The normalized spacial score (nSPS) is 12.8. The van der Waals surface area contributed by atoms with Gasteiger partial charge in [-0.2, -0.15) is 13.2 Å². The molecular formula is C11H8F3NO3. The van der Waals surface area contributed by atoms with Crippen LogP contribution < -0.4 is 0 Å². The van der Waals surface area contributed by atoms with Crippen molar-refractivity contribution in [3.05, 3.63) is 41.5 Å². The van der Waals surface area contributed by atoms with Crippen LogP contribution in [-0.2, 0) is 4.79 Å². The van der Waals surface area contributed by atoms with Gasteiger partial charge < -0.3 is 10.2 Å². The molecule has 0 unspecified atom stereocenters. The smallest absolute Gasteiger partial charge is 0.433 e. The number of rotatable bonds is 3. The molecule has 0 aliphatic carbocycles. The maximum Gasteiger partial charge on any atom is 0.433 e. The lowest BCUT2D eigenvalue weighted by Gasteiger charge is -2.11. The van der Waals surface area contributed by atoms with Gasteiger partial charge in [0.2, 0.25) is 0 Å². The maximum atomic E-state index is 12.3. The van der Waals surface area contributed by atoms with E-state index in [-0.39, 0.29) is 5.56 Å². The van der Waals surface area contributed by atoms with Crippen LogP contribution in [0, 0.1) is 5.41 Å². The Labute approximate surface area is 99.5 Å². The summed E-state index contributed by atoms with van der Waals surface area (Å²) in [6, 6.07) is 6.86. The molecule has 1 aromatic rings. The van der Waals surface area contributed by atoms with E-state index in [0.29, 0.717) is 0 Å². The van der Waals surface area contributed by atoms with Crippen molar-refractivity contribution in [2.24, 2.45) is 0 Å². The van der Waals surface area contributed by atoms with Gasteiger partial charge in [-0.25, -0.2) is 4.79 Å². The first-order chi connectivity index (χ1) is 8.25. The molecule has 96 valence electrons. The summed E-state index contributed by atoms with van der Waals surface area (Å²) in [5, 5.41) is 25.0. The van der Waals surface area contributed by atoms with Crippen molar-refractivity contribution >= 4 is 17.4 Å². The summed E-state index contributed by atoms with van der Waals surface area (Å²) in [5.41, 5.74) is -3.69. The SMILES string of the molecule is N=C(C(C(=O)O)=C(O)c1ccccc1)C(F)(F)F. The molecule has 0 aliphatic rings. The Kier molecular flexibility index (Phi) is 3.75. The van der Waals surface area contributed by atoms with E-state index in [2.05, 4.69) is 0 Å². The molecule has 0 aromatic heterocycles. The molecule has 0 amide bonds. The van der Waals surface area contributed by atoms with E-state index in [1.54, 1.807) is 6.07 Å². The van der Waals surface area contributed by atoms with Gasteiger partial charge >= 0.3 is 12.1 Å². The average molecular weight is 259 g/mol. The number of hydrogen-bond donors (Lipinski definition) is 3. The Morgan fingerprint density at radius 3 is 2.00 bits per heavy atom. The highest BCUT2D eigenvalue weighted by Crippen LogP contribution is 2.25. The third-order valence-electron chi connectivity index (χ3n) is 2.03. The van der Waals surface area contributed by atoms with Crippen LogP contribution >= 0.6 is 0 Å². The molecule has 0 atom stereocenters. The summed E-state index contributed by atoms with van der Waals surface area (Å²) in [4.78, 5) is 10.7. The molecule has 0 saturated carbocycles. The van der Waals surface area contributed by atoms with Gasteiger partial charge in [0, 0.05) is 5.56 Å². The Morgan fingerprint density at radius 1 is 1.11 bits per heavy atom. The van der Waals surface area contributed by atoms with Crippen LogP contribution in [0.5, 0.6) is 0 Å². The molecule has 0 fully saturated rings. The molecule has 0 aliphatic heterocycles. The number of halogens is 3. The number of carboxylic acids is 1. The predicted molar refractivity (Wildman–Crippen MR) is 57.4 cm³/mol. The summed E-state index contributed by atoms with van der Waals surface area (Å²) < 4.78 is 36.9. The van der Waals surface area contributed by atoms with Crippen LogP contribution in [0.15, 0.2) is 35.9 Å². The first-order valence-electron chi connectivity index (χ1n) is 4.63. The zero-order valence-corrected chi connectivity index (χ0v) is 8.82. The Hall–Kier alpha value is -2.31. The van der Waals surface area contributed by atoms with Crippen molar-refractivity contribution in [2.75, 3.05) is 0 Å². The van der Waals surface area contributed by atoms with Crippen LogP contribution in [0.25, 0.3) is 5.76 Å². The molecule has 1 rings (SSSR count). The molecule has 0 spiro atoms. The number of aliphatic hydroxyl groups excluding tert-OH is 1. The summed E-state index contributed by atoms with van der Waals surface area (Å²) in [6.45, 7) is 0. The second kappa shape index (κ2) is 4.91. The van der Waals surface area contributed by atoms with Gasteiger partial charge in [-0.3, -0.25) is 5.41 Å². The van der Waals surface area contributed by atoms with Gasteiger partial charge in [0.25, 0.3) is 0 Å². The Morgan fingerprint density at radius 2 is 1.61 bits per heavy atom. The summed E-state index contributed by atoms with van der Waals surface area (Å²) >= 11 is 0. The summed E-state index contributed by atoms with van der Waals surface area (Å²) in [7, 11) is 0. The largest absolute Gasteiger partial charge is 0.506 e. The van der Waals surface area contributed by atoms with E-state index in [1.165, 1.54) is 24.3 Å². The van der Waals surface area contributed by atoms with Crippen molar-refractivity contribution in [2.45, 2.75) is 6.18 Å². The van der Waals surface area contributed by atoms with Crippen LogP contribution in [0.1, 0.15) is 5.56 Å². The lowest BCUT2D eigenvalue weighted by atomic mass is 10.0. The molecule has 3 N–H and O–H groups in total. The summed E-state index contributed by atoms with van der Waals surface area (Å²) in [6.07, 6.45) is -5.14. The highest BCUT2D eigenvalue weighted by Gasteiger charge is 2.41. The lowest BCUT2D eigenvalue weighted by Crippen LogP contribution is -2.28. The van der Waals surface area contributed by atoms with Gasteiger partial charge in [-0.1, -0.05) is 30.3 Å². The van der Waals surface area contributed by atoms with Crippen molar-refractivity contribution in [1.29, 1.82) is 5.41 Å². The fourth-order valence-electron chi connectivity index (χ4n) is 1.21. The quantitative estimate of drug-likeness (QED) is 0.443. The van der Waals surface area contributed by atoms with Crippen LogP contribution in [0.3, 0.4) is 0 Å². The number of carbonyl (C=O) groups is 1. The van der Waals surface area contributed by atoms with Gasteiger partial charge in [-0.05, 0) is 0 Å². The fraction of sp³-hybridized carbons (Fsp3) is 0.0909.